The number of thioether (sulfide) groups is 1. The molecule has 142 valence electrons. The first kappa shape index (κ1) is 19.5. The summed E-state index contributed by atoms with van der Waals surface area (Å²) in [4.78, 5) is 22.7. The Morgan fingerprint density at radius 3 is 2.26 bits per heavy atom. The first-order valence-corrected chi connectivity index (χ1v) is 10.1. The van der Waals surface area contributed by atoms with Crippen LogP contribution >= 0.6 is 11.8 Å². The number of fused-ring (bicyclic) bond motifs is 3. The van der Waals surface area contributed by atoms with E-state index in [1.807, 2.05) is 24.3 Å². The second-order valence-electron chi connectivity index (χ2n) is 6.53. The largest absolute Gasteiger partial charge is 0.480 e. The number of carboxylic acid groups (broad SMARTS) is 1. The quantitative estimate of drug-likeness (QED) is 0.509. The summed E-state index contributed by atoms with van der Waals surface area (Å²) in [7, 11) is 0. The molecular formula is C21H23NO4S. The van der Waals surface area contributed by atoms with Gasteiger partial charge < -0.3 is 15.6 Å². The molecule has 2 aromatic carbocycles. The van der Waals surface area contributed by atoms with E-state index >= 15 is 0 Å². The van der Waals surface area contributed by atoms with E-state index in [-0.39, 0.29) is 11.9 Å². The van der Waals surface area contributed by atoms with E-state index in [0.29, 0.717) is 31.0 Å². The lowest BCUT2D eigenvalue weighted by molar-refractivity contribution is -0.144. The molecule has 0 radical (unpaired) electrons. The van der Waals surface area contributed by atoms with Crippen LogP contribution in [0.4, 0.5) is 0 Å². The third-order valence-electron chi connectivity index (χ3n) is 4.66. The van der Waals surface area contributed by atoms with Gasteiger partial charge in [0.05, 0.1) is 0 Å². The van der Waals surface area contributed by atoms with Gasteiger partial charge in [-0.2, -0.15) is 11.8 Å². The molecule has 1 aliphatic rings. The molecule has 2 aromatic rings. The molecule has 0 spiro atoms. The van der Waals surface area contributed by atoms with Gasteiger partial charge in [-0.1, -0.05) is 48.5 Å². The van der Waals surface area contributed by atoms with Gasteiger partial charge in [-0.15, -0.1) is 0 Å². The monoisotopic (exact) mass is 385 g/mol. The van der Waals surface area contributed by atoms with Crippen LogP contribution in [-0.4, -0.2) is 41.2 Å². The molecule has 0 saturated carbocycles. The molecule has 3 N–H and O–H groups in total. The maximum atomic E-state index is 12.1. The summed E-state index contributed by atoms with van der Waals surface area (Å²) < 4.78 is 5.54. The third-order valence-corrected chi connectivity index (χ3v) is 5.83. The molecule has 0 saturated heterocycles. The summed E-state index contributed by atoms with van der Waals surface area (Å²) in [6.45, 7) is 0.337. The van der Waals surface area contributed by atoms with Crippen LogP contribution < -0.4 is 5.73 Å². The molecule has 0 amide bonds. The number of esters is 1. The highest BCUT2D eigenvalue weighted by Gasteiger charge is 2.28. The summed E-state index contributed by atoms with van der Waals surface area (Å²) in [6, 6.07) is 15.6. The normalized spacial score (nSPS) is 13.7. The molecule has 0 aliphatic heterocycles. The third kappa shape index (κ3) is 4.70. The Bertz CT molecular complexity index is 778. The topological polar surface area (TPSA) is 89.6 Å². The number of hydrogen-bond acceptors (Lipinski definition) is 5. The number of ether oxygens (including phenoxy) is 1. The minimum absolute atomic E-state index is 0.0734. The molecule has 3 rings (SSSR count). The first-order chi connectivity index (χ1) is 13.1. The minimum atomic E-state index is -1.00. The molecule has 0 bridgehead atoms. The molecule has 0 unspecified atom stereocenters. The van der Waals surface area contributed by atoms with E-state index in [1.54, 1.807) is 0 Å². The number of rotatable bonds is 9. The van der Waals surface area contributed by atoms with Crippen molar-refractivity contribution in [2.45, 2.75) is 24.8 Å². The van der Waals surface area contributed by atoms with Crippen LogP contribution in [0.15, 0.2) is 48.5 Å². The van der Waals surface area contributed by atoms with Crippen LogP contribution in [0.3, 0.4) is 0 Å². The molecule has 0 fully saturated rings. The summed E-state index contributed by atoms with van der Waals surface area (Å²) in [6.07, 6.45) is 0.971. The average Bonchev–Trinajstić information content (AvgIpc) is 3.00. The molecule has 0 heterocycles. The van der Waals surface area contributed by atoms with Gasteiger partial charge in [0.15, 0.2) is 0 Å². The van der Waals surface area contributed by atoms with Crippen LogP contribution in [0.2, 0.25) is 0 Å². The van der Waals surface area contributed by atoms with Gasteiger partial charge in [-0.3, -0.25) is 9.59 Å². The van der Waals surface area contributed by atoms with Crippen LogP contribution in [0.25, 0.3) is 11.1 Å². The molecule has 0 aromatic heterocycles. The van der Waals surface area contributed by atoms with E-state index in [1.165, 1.54) is 34.0 Å². The van der Waals surface area contributed by atoms with Crippen LogP contribution in [-0.2, 0) is 14.3 Å². The molecule has 1 atom stereocenters. The molecular weight excluding hydrogens is 362 g/mol. The van der Waals surface area contributed by atoms with Gasteiger partial charge in [0.25, 0.3) is 0 Å². The van der Waals surface area contributed by atoms with E-state index in [0.717, 1.165) is 0 Å². The smallest absolute Gasteiger partial charge is 0.321 e. The van der Waals surface area contributed by atoms with Crippen molar-refractivity contribution in [2.24, 2.45) is 5.73 Å². The number of aliphatic carboxylic acids is 1. The lowest BCUT2D eigenvalue weighted by Crippen LogP contribution is -2.32. The summed E-state index contributed by atoms with van der Waals surface area (Å²) in [5.74, 6) is -0.117. The Balaban J connectivity index is 1.48. The zero-order valence-corrected chi connectivity index (χ0v) is 15.8. The fraction of sp³-hybridized carbons (Fsp3) is 0.333. The van der Waals surface area contributed by atoms with Crippen LogP contribution in [0.5, 0.6) is 0 Å². The molecule has 5 nitrogen and oxygen atoms in total. The Labute approximate surface area is 162 Å². The Morgan fingerprint density at radius 2 is 1.67 bits per heavy atom. The lowest BCUT2D eigenvalue weighted by Gasteiger charge is -2.14. The van der Waals surface area contributed by atoms with E-state index in [2.05, 4.69) is 24.3 Å². The Kier molecular flexibility index (Phi) is 6.53. The van der Waals surface area contributed by atoms with Crippen molar-refractivity contribution in [1.29, 1.82) is 0 Å². The number of carbonyl (C=O) groups excluding carboxylic acids is 1. The number of nitrogens with two attached hydrogens (primary N) is 1. The second-order valence-corrected chi connectivity index (χ2v) is 7.68. The van der Waals surface area contributed by atoms with Crippen molar-refractivity contribution in [3.63, 3.8) is 0 Å². The predicted octanol–water partition coefficient (Wildman–Crippen LogP) is 3.27. The zero-order valence-electron chi connectivity index (χ0n) is 15.0. The van der Waals surface area contributed by atoms with E-state index in [4.69, 9.17) is 15.6 Å². The van der Waals surface area contributed by atoms with Crippen molar-refractivity contribution in [3.8, 4) is 11.1 Å². The fourth-order valence-electron chi connectivity index (χ4n) is 3.29. The maximum Gasteiger partial charge on any atom is 0.321 e. The molecule has 1 aliphatic carbocycles. The highest BCUT2D eigenvalue weighted by Crippen LogP contribution is 2.44. The highest BCUT2D eigenvalue weighted by atomic mass is 32.2. The molecule has 27 heavy (non-hydrogen) atoms. The number of benzene rings is 2. The van der Waals surface area contributed by atoms with E-state index < -0.39 is 12.0 Å². The zero-order chi connectivity index (χ0) is 19.2. The highest BCUT2D eigenvalue weighted by molar-refractivity contribution is 7.99. The van der Waals surface area contributed by atoms with Gasteiger partial charge in [0, 0.05) is 18.1 Å². The number of carboxylic acids is 1. The van der Waals surface area contributed by atoms with Crippen molar-refractivity contribution >= 4 is 23.7 Å². The van der Waals surface area contributed by atoms with Crippen LogP contribution in [0.1, 0.15) is 29.9 Å². The minimum Gasteiger partial charge on any atom is -0.480 e. The second kappa shape index (κ2) is 9.06. The van der Waals surface area contributed by atoms with Crippen LogP contribution in [0, 0.1) is 0 Å². The summed E-state index contributed by atoms with van der Waals surface area (Å²) in [5, 5.41) is 8.73. The van der Waals surface area contributed by atoms with Gasteiger partial charge in [-0.05, 0) is 34.4 Å². The van der Waals surface area contributed by atoms with Gasteiger partial charge in [-0.25, -0.2) is 0 Å². The van der Waals surface area contributed by atoms with Gasteiger partial charge >= 0.3 is 11.9 Å². The predicted molar refractivity (Wildman–Crippen MR) is 107 cm³/mol. The first-order valence-electron chi connectivity index (χ1n) is 8.98. The van der Waals surface area contributed by atoms with Crippen molar-refractivity contribution in [2.75, 3.05) is 18.1 Å². The number of carbonyl (C=O) groups is 2. The standard InChI is InChI=1S/C21H23NO4S/c22-19(21(24)25)13-27-11-5-10-20(23)26-12-18-16-8-3-1-6-14(16)15-7-2-4-9-17(15)18/h1-4,6-9,18-19H,5,10-13,22H2,(H,24,25)/t19-/m0/s1. The lowest BCUT2D eigenvalue weighted by atomic mass is 9.98. The SMILES string of the molecule is N[C@@H](CSCCCC(=O)OCC1c2ccccc2-c2ccccc21)C(=O)O. The number of hydrogen-bond donors (Lipinski definition) is 2. The maximum absolute atomic E-state index is 12.1. The average molecular weight is 385 g/mol. The van der Waals surface area contributed by atoms with Gasteiger partial charge in [0.2, 0.25) is 0 Å². The van der Waals surface area contributed by atoms with Crippen molar-refractivity contribution in [1.82, 2.24) is 0 Å². The fourth-order valence-corrected chi connectivity index (χ4v) is 4.20. The summed E-state index contributed by atoms with van der Waals surface area (Å²) >= 11 is 1.44. The summed E-state index contributed by atoms with van der Waals surface area (Å²) in [5.41, 5.74) is 10.3. The van der Waals surface area contributed by atoms with Gasteiger partial charge in [0.1, 0.15) is 12.6 Å². The van der Waals surface area contributed by atoms with Crippen molar-refractivity contribution < 1.29 is 19.4 Å². The Morgan fingerprint density at radius 1 is 1.07 bits per heavy atom. The van der Waals surface area contributed by atoms with E-state index in [9.17, 15) is 9.59 Å². The molecule has 6 heteroatoms. The van der Waals surface area contributed by atoms with Crippen molar-refractivity contribution in [3.05, 3.63) is 59.7 Å². The Hall–Kier alpha value is -2.31.